The minimum atomic E-state index is 0.396. The van der Waals surface area contributed by atoms with Crippen LogP contribution in [-0.2, 0) is 11.3 Å². The Kier molecular flexibility index (Phi) is 4.90. The molecule has 3 heterocycles. The maximum atomic E-state index is 5.72. The van der Waals surface area contributed by atoms with E-state index in [1.807, 2.05) is 49.4 Å². The Morgan fingerprint density at radius 1 is 1.07 bits per heavy atom. The van der Waals surface area contributed by atoms with Gasteiger partial charge < -0.3 is 25.1 Å². The van der Waals surface area contributed by atoms with Gasteiger partial charge in [0.05, 0.1) is 36.0 Å². The van der Waals surface area contributed by atoms with Crippen molar-refractivity contribution in [3.8, 4) is 11.6 Å². The van der Waals surface area contributed by atoms with E-state index >= 15 is 0 Å². The molecule has 5 rings (SSSR count). The molecule has 0 radical (unpaired) electrons. The molecule has 3 N–H and O–H groups in total. The fourth-order valence-corrected chi connectivity index (χ4v) is 3.16. The highest BCUT2D eigenvalue weighted by Gasteiger charge is 2.17. The Bertz CT molecular complexity index is 1140. The van der Waals surface area contributed by atoms with Crippen molar-refractivity contribution in [2.24, 2.45) is 0 Å². The van der Waals surface area contributed by atoms with Crippen LogP contribution in [0.25, 0.3) is 11.0 Å². The average molecular weight is 402 g/mol. The number of anilines is 2. The van der Waals surface area contributed by atoms with Crippen LogP contribution in [0.15, 0.2) is 54.6 Å². The van der Waals surface area contributed by atoms with Gasteiger partial charge in [-0.05, 0) is 48.9 Å². The van der Waals surface area contributed by atoms with Crippen molar-refractivity contribution in [3.63, 3.8) is 0 Å². The number of rotatable bonds is 7. The summed E-state index contributed by atoms with van der Waals surface area (Å²) in [4.78, 5) is 7.93. The summed E-state index contributed by atoms with van der Waals surface area (Å²) in [6.45, 7) is 4.06. The first-order valence-electron chi connectivity index (χ1n) is 9.86. The van der Waals surface area contributed by atoms with Crippen molar-refractivity contribution in [2.75, 3.05) is 23.8 Å². The summed E-state index contributed by atoms with van der Waals surface area (Å²) in [6, 6.07) is 18.1. The number of hydrogen-bond donors (Lipinski definition) is 3. The summed E-state index contributed by atoms with van der Waals surface area (Å²) < 4.78 is 10.9. The first-order valence-corrected chi connectivity index (χ1v) is 9.86. The van der Waals surface area contributed by atoms with Gasteiger partial charge in [0, 0.05) is 18.3 Å². The summed E-state index contributed by atoms with van der Waals surface area (Å²) in [5.74, 6) is 1.94. The third-order valence-electron chi connectivity index (χ3n) is 4.87. The van der Waals surface area contributed by atoms with Crippen molar-refractivity contribution in [2.45, 2.75) is 19.5 Å². The number of nitrogens with one attached hydrogen (secondary N) is 3. The van der Waals surface area contributed by atoms with Crippen LogP contribution in [0.4, 0.5) is 11.6 Å². The van der Waals surface area contributed by atoms with Crippen LogP contribution in [0, 0.1) is 6.92 Å². The van der Waals surface area contributed by atoms with Gasteiger partial charge in [-0.2, -0.15) is 5.10 Å². The Labute approximate surface area is 173 Å². The SMILES string of the molecule is Cc1ccc(Oc2ccc(CNc3nc4ccc(NC5COC5)cc4[nH]3)cc2)nn1. The number of benzene rings is 2. The smallest absolute Gasteiger partial charge is 0.238 e. The van der Waals surface area contributed by atoms with Gasteiger partial charge in [-0.15, -0.1) is 5.10 Å². The number of ether oxygens (including phenoxy) is 2. The molecule has 152 valence electrons. The monoisotopic (exact) mass is 402 g/mol. The minimum Gasteiger partial charge on any atom is -0.438 e. The van der Waals surface area contributed by atoms with Crippen LogP contribution < -0.4 is 15.4 Å². The zero-order valence-corrected chi connectivity index (χ0v) is 16.6. The number of nitrogens with zero attached hydrogens (tertiary/aromatic N) is 3. The van der Waals surface area contributed by atoms with E-state index in [1.165, 1.54) is 0 Å². The molecule has 1 saturated heterocycles. The Hall–Kier alpha value is -3.65. The lowest BCUT2D eigenvalue weighted by molar-refractivity contribution is 0.0211. The second-order valence-electron chi connectivity index (χ2n) is 7.31. The van der Waals surface area contributed by atoms with Crippen LogP contribution >= 0.6 is 0 Å². The molecule has 0 bridgehead atoms. The van der Waals surface area contributed by atoms with Gasteiger partial charge in [-0.3, -0.25) is 0 Å². The molecule has 8 heteroatoms. The molecule has 0 aliphatic carbocycles. The standard InChI is InChI=1S/C22H22N6O2/c1-14-2-9-21(28-27-14)30-18-6-3-15(4-7-18)11-23-22-25-19-8-5-16(10-20(19)26-22)24-17-12-29-13-17/h2-10,17,24H,11-13H2,1H3,(H2,23,25,26). The molecule has 8 nitrogen and oxygen atoms in total. The van der Waals surface area contributed by atoms with Crippen LogP contribution in [0.5, 0.6) is 11.6 Å². The second-order valence-corrected chi connectivity index (χ2v) is 7.31. The fourth-order valence-electron chi connectivity index (χ4n) is 3.16. The molecule has 0 saturated carbocycles. The zero-order chi connectivity index (χ0) is 20.3. The van der Waals surface area contributed by atoms with Crippen molar-refractivity contribution in [3.05, 3.63) is 65.9 Å². The van der Waals surface area contributed by atoms with Crippen molar-refractivity contribution >= 4 is 22.7 Å². The highest BCUT2D eigenvalue weighted by Crippen LogP contribution is 2.22. The summed E-state index contributed by atoms with van der Waals surface area (Å²) in [5, 5.41) is 14.8. The summed E-state index contributed by atoms with van der Waals surface area (Å²) in [5.41, 5.74) is 4.96. The van der Waals surface area contributed by atoms with E-state index in [0.717, 1.165) is 52.9 Å². The van der Waals surface area contributed by atoms with Crippen molar-refractivity contribution < 1.29 is 9.47 Å². The molecular weight excluding hydrogens is 380 g/mol. The summed E-state index contributed by atoms with van der Waals surface area (Å²) in [6.07, 6.45) is 0. The van der Waals surface area contributed by atoms with E-state index < -0.39 is 0 Å². The molecule has 0 unspecified atom stereocenters. The van der Waals surface area contributed by atoms with E-state index in [1.54, 1.807) is 6.07 Å². The Morgan fingerprint density at radius 3 is 2.67 bits per heavy atom. The molecule has 4 aromatic rings. The van der Waals surface area contributed by atoms with Crippen molar-refractivity contribution in [1.29, 1.82) is 0 Å². The number of H-pyrrole nitrogens is 1. The third-order valence-corrected chi connectivity index (χ3v) is 4.87. The molecule has 1 aliphatic heterocycles. The van der Waals surface area contributed by atoms with Gasteiger partial charge in [0.15, 0.2) is 0 Å². The molecule has 0 atom stereocenters. The Balaban J connectivity index is 1.20. The van der Waals surface area contributed by atoms with Crippen LogP contribution in [0.1, 0.15) is 11.3 Å². The molecule has 0 spiro atoms. The minimum absolute atomic E-state index is 0.396. The van der Waals surface area contributed by atoms with Gasteiger partial charge in [0.1, 0.15) is 5.75 Å². The van der Waals surface area contributed by atoms with Crippen LogP contribution in [0.3, 0.4) is 0 Å². The fraction of sp³-hybridized carbons (Fsp3) is 0.227. The normalized spacial score (nSPS) is 13.8. The number of imidazole rings is 1. The van der Waals surface area contributed by atoms with Crippen LogP contribution in [-0.4, -0.2) is 39.4 Å². The number of hydrogen-bond acceptors (Lipinski definition) is 7. The highest BCUT2D eigenvalue weighted by molar-refractivity contribution is 5.81. The predicted molar refractivity (Wildman–Crippen MR) is 115 cm³/mol. The largest absolute Gasteiger partial charge is 0.438 e. The van der Waals surface area contributed by atoms with Gasteiger partial charge in [-0.25, -0.2) is 4.98 Å². The second kappa shape index (κ2) is 8.00. The maximum Gasteiger partial charge on any atom is 0.238 e. The highest BCUT2D eigenvalue weighted by atomic mass is 16.5. The Morgan fingerprint density at radius 2 is 1.93 bits per heavy atom. The average Bonchev–Trinajstić information content (AvgIpc) is 3.14. The molecule has 1 aliphatic rings. The first kappa shape index (κ1) is 18.4. The quantitative estimate of drug-likeness (QED) is 0.432. The summed E-state index contributed by atoms with van der Waals surface area (Å²) in [7, 11) is 0. The molecule has 0 amide bonds. The predicted octanol–water partition coefficient (Wildman–Crippen LogP) is 3.88. The molecule has 2 aromatic carbocycles. The first-order chi connectivity index (χ1) is 14.7. The van der Waals surface area contributed by atoms with Gasteiger partial charge >= 0.3 is 0 Å². The zero-order valence-electron chi connectivity index (χ0n) is 16.6. The van der Waals surface area contributed by atoms with E-state index in [-0.39, 0.29) is 0 Å². The van der Waals surface area contributed by atoms with Gasteiger partial charge in [-0.1, -0.05) is 12.1 Å². The van der Waals surface area contributed by atoms with E-state index in [2.05, 4.69) is 36.9 Å². The molecular formula is C22H22N6O2. The summed E-state index contributed by atoms with van der Waals surface area (Å²) >= 11 is 0. The molecule has 2 aromatic heterocycles. The molecule has 30 heavy (non-hydrogen) atoms. The van der Waals surface area contributed by atoms with Crippen molar-refractivity contribution in [1.82, 2.24) is 20.2 Å². The van der Waals surface area contributed by atoms with E-state index in [0.29, 0.717) is 18.5 Å². The van der Waals surface area contributed by atoms with E-state index in [9.17, 15) is 0 Å². The molecule has 1 fully saturated rings. The third kappa shape index (κ3) is 4.18. The number of aryl methyl sites for hydroxylation is 1. The lowest BCUT2D eigenvalue weighted by atomic mass is 10.2. The van der Waals surface area contributed by atoms with E-state index in [4.69, 9.17) is 9.47 Å². The lowest BCUT2D eigenvalue weighted by Gasteiger charge is -2.27. The van der Waals surface area contributed by atoms with Gasteiger partial charge in [0.25, 0.3) is 0 Å². The maximum absolute atomic E-state index is 5.72. The number of aromatic amines is 1. The number of fused-ring (bicyclic) bond motifs is 1. The van der Waals surface area contributed by atoms with Crippen LogP contribution in [0.2, 0.25) is 0 Å². The van der Waals surface area contributed by atoms with Gasteiger partial charge in [0.2, 0.25) is 11.8 Å². The number of aromatic nitrogens is 4. The topological polar surface area (TPSA) is 97.0 Å². The lowest BCUT2D eigenvalue weighted by Crippen LogP contribution is -2.40.